The number of carboxylic acids is 1. The van der Waals surface area contributed by atoms with Gasteiger partial charge in [0.1, 0.15) is 12.1 Å². The van der Waals surface area contributed by atoms with Gasteiger partial charge in [-0.15, -0.1) is 0 Å². The van der Waals surface area contributed by atoms with Gasteiger partial charge < -0.3 is 26.0 Å². The van der Waals surface area contributed by atoms with Crippen LogP contribution in [0.4, 0.5) is 13.6 Å². The third kappa shape index (κ3) is 8.50. The molecule has 1 heterocycles. The summed E-state index contributed by atoms with van der Waals surface area (Å²) in [6, 6.07) is -3.54. The molecule has 1 saturated carbocycles. The van der Waals surface area contributed by atoms with Crippen molar-refractivity contribution < 1.29 is 41.5 Å². The van der Waals surface area contributed by atoms with Gasteiger partial charge in [0.2, 0.25) is 18.2 Å². The molecule has 0 bridgehead atoms. The van der Waals surface area contributed by atoms with E-state index < -0.39 is 75.4 Å². The van der Waals surface area contributed by atoms with Gasteiger partial charge in [0, 0.05) is 13.0 Å². The molecule has 1 aliphatic heterocycles. The van der Waals surface area contributed by atoms with E-state index in [1.165, 1.54) is 4.90 Å². The van der Waals surface area contributed by atoms with Crippen molar-refractivity contribution in [3.05, 3.63) is 0 Å². The van der Waals surface area contributed by atoms with Gasteiger partial charge in [-0.3, -0.25) is 9.59 Å². The van der Waals surface area contributed by atoms with E-state index in [4.69, 9.17) is 5.11 Å². The molecule has 2 atom stereocenters. The zero-order chi connectivity index (χ0) is 28.0. The number of alkyl halides is 2. The smallest absolute Gasteiger partial charge is 0.326 e. The lowest BCUT2D eigenvalue weighted by Gasteiger charge is -2.39. The second-order valence-electron chi connectivity index (χ2n) is 10.8. The summed E-state index contributed by atoms with van der Waals surface area (Å²) in [6.07, 6.45) is 0.0840. The van der Waals surface area contributed by atoms with Gasteiger partial charge in [-0.2, -0.15) is 0 Å². The molecule has 2 rings (SSSR count). The first-order valence-electron chi connectivity index (χ1n) is 12.5. The van der Waals surface area contributed by atoms with E-state index in [1.807, 2.05) is 0 Å². The SMILES string of the molecule is CC(C)(C)S(=O)(=O)CC1(NC(=O)NCC(=O)N2CCC[C@H]2C(=O)N[C@@H](CC(F)F)C(=O)O)CCCCC1. The molecule has 212 valence electrons. The number of carboxylic acid groups (broad SMARTS) is 1. The van der Waals surface area contributed by atoms with Crippen molar-refractivity contribution in [1.29, 1.82) is 0 Å². The van der Waals surface area contributed by atoms with E-state index >= 15 is 0 Å². The standard InChI is InChI=1S/C23H38F2N4O7S/c1-22(2,3)37(35,36)14-23(9-5-4-6-10-23)28-21(34)26-13-18(30)29-11-7-8-16(29)19(31)27-15(20(32)33)12-17(24)25/h15-17H,4-14H2,1-3H3,(H,27,31)(H,32,33)(H2,26,28,34)/t15-,16-/m0/s1. The molecule has 4 amide bonds. The summed E-state index contributed by atoms with van der Waals surface area (Å²) < 4.78 is 50.0. The highest BCUT2D eigenvalue weighted by molar-refractivity contribution is 7.92. The summed E-state index contributed by atoms with van der Waals surface area (Å²) in [5.41, 5.74) is -0.954. The Morgan fingerprint density at radius 3 is 2.24 bits per heavy atom. The van der Waals surface area contributed by atoms with Gasteiger partial charge in [0.05, 0.1) is 22.6 Å². The fraction of sp³-hybridized carbons (Fsp3) is 0.826. The van der Waals surface area contributed by atoms with Crippen molar-refractivity contribution in [1.82, 2.24) is 20.9 Å². The van der Waals surface area contributed by atoms with Crippen molar-refractivity contribution in [2.24, 2.45) is 0 Å². The van der Waals surface area contributed by atoms with Crippen molar-refractivity contribution in [3.63, 3.8) is 0 Å². The topological polar surface area (TPSA) is 162 Å². The highest BCUT2D eigenvalue weighted by atomic mass is 32.2. The van der Waals surface area contributed by atoms with E-state index in [-0.39, 0.29) is 18.7 Å². The average molecular weight is 553 g/mol. The summed E-state index contributed by atoms with van der Waals surface area (Å²) >= 11 is 0. The van der Waals surface area contributed by atoms with Crippen LogP contribution in [0.3, 0.4) is 0 Å². The average Bonchev–Trinajstić information content (AvgIpc) is 3.26. The zero-order valence-corrected chi connectivity index (χ0v) is 22.3. The Kier molecular flexibility index (Phi) is 10.3. The van der Waals surface area contributed by atoms with Crippen molar-refractivity contribution in [3.8, 4) is 0 Å². The quantitative estimate of drug-likeness (QED) is 0.319. The molecule has 2 fully saturated rings. The minimum absolute atomic E-state index is 0.181. The third-order valence-corrected chi connectivity index (χ3v) is 9.69. The normalized spacial score (nSPS) is 20.8. The van der Waals surface area contributed by atoms with Crippen LogP contribution in [0.2, 0.25) is 0 Å². The zero-order valence-electron chi connectivity index (χ0n) is 21.5. The van der Waals surface area contributed by atoms with E-state index in [9.17, 15) is 36.4 Å². The fourth-order valence-electron chi connectivity index (χ4n) is 4.66. The Hall–Kier alpha value is -2.51. The van der Waals surface area contributed by atoms with Crippen LogP contribution in [0.1, 0.15) is 72.1 Å². The molecule has 2 aliphatic rings. The minimum Gasteiger partial charge on any atom is -0.480 e. The molecule has 4 N–H and O–H groups in total. The van der Waals surface area contributed by atoms with Crippen LogP contribution < -0.4 is 16.0 Å². The molecule has 0 aromatic rings. The Morgan fingerprint density at radius 2 is 1.70 bits per heavy atom. The van der Waals surface area contributed by atoms with Gasteiger partial charge >= 0.3 is 12.0 Å². The molecular weight excluding hydrogens is 514 g/mol. The summed E-state index contributed by atoms with van der Waals surface area (Å²) in [4.78, 5) is 50.4. The first kappa shape index (κ1) is 30.7. The molecular formula is C23H38F2N4O7S. The third-order valence-electron chi connectivity index (χ3n) is 6.89. The van der Waals surface area contributed by atoms with Crippen LogP contribution in [0.5, 0.6) is 0 Å². The number of aliphatic carboxylic acids is 1. The number of nitrogens with zero attached hydrogens (tertiary/aromatic N) is 1. The van der Waals surface area contributed by atoms with Gasteiger partial charge in [0.15, 0.2) is 9.84 Å². The predicted octanol–water partition coefficient (Wildman–Crippen LogP) is 1.42. The Bertz CT molecular complexity index is 963. The summed E-state index contributed by atoms with van der Waals surface area (Å²) in [5, 5.41) is 16.4. The Balaban J connectivity index is 1.99. The largest absolute Gasteiger partial charge is 0.480 e. The number of halogens is 2. The minimum atomic E-state index is -3.54. The first-order chi connectivity index (χ1) is 17.1. The highest BCUT2D eigenvalue weighted by Gasteiger charge is 2.42. The predicted molar refractivity (Wildman–Crippen MR) is 131 cm³/mol. The Morgan fingerprint density at radius 1 is 1.08 bits per heavy atom. The maximum atomic E-state index is 12.9. The number of hydrogen-bond donors (Lipinski definition) is 4. The number of nitrogens with one attached hydrogen (secondary N) is 3. The summed E-state index contributed by atoms with van der Waals surface area (Å²) in [5.74, 6) is -3.28. The lowest BCUT2D eigenvalue weighted by molar-refractivity contribution is -0.144. The number of carbonyl (C=O) groups excluding carboxylic acids is 3. The van der Waals surface area contributed by atoms with Crippen molar-refractivity contribution in [2.45, 2.75) is 101 Å². The number of sulfone groups is 1. The van der Waals surface area contributed by atoms with Crippen LogP contribution in [-0.4, -0.2) is 89.9 Å². The van der Waals surface area contributed by atoms with E-state index in [0.29, 0.717) is 19.3 Å². The van der Waals surface area contributed by atoms with Crippen LogP contribution in [0.15, 0.2) is 0 Å². The fourth-order valence-corrected chi connectivity index (χ4v) is 6.18. The van der Waals surface area contributed by atoms with Crippen molar-refractivity contribution in [2.75, 3.05) is 18.8 Å². The Labute approximate surface area is 216 Å². The molecule has 11 nitrogen and oxygen atoms in total. The van der Waals surface area contributed by atoms with E-state index in [1.54, 1.807) is 20.8 Å². The number of urea groups is 1. The lowest BCUT2D eigenvalue weighted by atomic mass is 9.83. The maximum absolute atomic E-state index is 12.9. The number of likely N-dealkylation sites (tertiary alicyclic amines) is 1. The van der Waals surface area contributed by atoms with Gasteiger partial charge in [-0.05, 0) is 46.5 Å². The molecule has 1 saturated heterocycles. The van der Waals surface area contributed by atoms with Crippen LogP contribution in [0, 0.1) is 0 Å². The highest BCUT2D eigenvalue weighted by Crippen LogP contribution is 2.32. The van der Waals surface area contributed by atoms with E-state index in [0.717, 1.165) is 19.3 Å². The first-order valence-corrected chi connectivity index (χ1v) is 14.1. The van der Waals surface area contributed by atoms with Crippen LogP contribution in [-0.2, 0) is 24.2 Å². The van der Waals surface area contributed by atoms with Gasteiger partial charge in [-0.1, -0.05) is 19.3 Å². The number of amides is 4. The van der Waals surface area contributed by atoms with Gasteiger partial charge in [-0.25, -0.2) is 26.8 Å². The summed E-state index contributed by atoms with van der Waals surface area (Å²) in [6.45, 7) is 4.52. The molecule has 0 aromatic carbocycles. The molecule has 1 aliphatic carbocycles. The lowest BCUT2D eigenvalue weighted by Crippen LogP contribution is -2.59. The second-order valence-corrected chi connectivity index (χ2v) is 13.5. The van der Waals surface area contributed by atoms with E-state index in [2.05, 4.69) is 16.0 Å². The molecule has 0 aromatic heterocycles. The second kappa shape index (κ2) is 12.4. The molecule has 0 spiro atoms. The molecule has 14 heteroatoms. The number of rotatable bonds is 10. The molecule has 0 unspecified atom stereocenters. The monoisotopic (exact) mass is 552 g/mol. The summed E-state index contributed by atoms with van der Waals surface area (Å²) in [7, 11) is -3.54. The maximum Gasteiger partial charge on any atom is 0.326 e. The van der Waals surface area contributed by atoms with Crippen molar-refractivity contribution >= 4 is 33.7 Å². The van der Waals surface area contributed by atoms with Gasteiger partial charge in [0.25, 0.3) is 0 Å². The van der Waals surface area contributed by atoms with Crippen LogP contribution in [0.25, 0.3) is 0 Å². The molecule has 0 radical (unpaired) electrons. The number of hydrogen-bond acceptors (Lipinski definition) is 6. The van der Waals surface area contributed by atoms with Crippen LogP contribution >= 0.6 is 0 Å². The number of carbonyl (C=O) groups is 4. The molecule has 37 heavy (non-hydrogen) atoms.